The van der Waals surface area contributed by atoms with E-state index < -0.39 is 0 Å². The molecule has 2 heterocycles. The molecule has 1 fully saturated rings. The van der Waals surface area contributed by atoms with E-state index in [1.165, 1.54) is 19.3 Å². The van der Waals surface area contributed by atoms with Crippen molar-refractivity contribution in [1.82, 2.24) is 9.97 Å². The van der Waals surface area contributed by atoms with E-state index in [2.05, 4.69) is 16.9 Å². The Labute approximate surface area is 125 Å². The molecule has 1 aliphatic rings. The molecule has 2 aromatic heterocycles. The Bertz CT molecular complexity index is 607. The molecule has 1 saturated carbocycles. The van der Waals surface area contributed by atoms with Crippen molar-refractivity contribution >= 4 is 5.78 Å². The molecule has 0 amide bonds. The largest absolute Gasteiger partial charge is 0.294 e. The number of nitrogens with zero attached hydrogens (tertiary/aromatic N) is 2. The Balaban J connectivity index is 1.68. The molecule has 3 heteroatoms. The van der Waals surface area contributed by atoms with Crippen LogP contribution in [0.2, 0.25) is 0 Å². The van der Waals surface area contributed by atoms with Crippen molar-refractivity contribution in [1.29, 1.82) is 0 Å². The normalized spacial score (nSPS) is 21.4. The Morgan fingerprint density at radius 3 is 2.62 bits per heavy atom. The SMILES string of the molecule is CC1CCC(CC(=O)c2ccc(-c3ccccn3)nc2)C1. The zero-order chi connectivity index (χ0) is 14.7. The van der Waals surface area contributed by atoms with E-state index >= 15 is 0 Å². The molecule has 21 heavy (non-hydrogen) atoms. The number of carbonyl (C=O) groups is 1. The first-order valence-electron chi connectivity index (χ1n) is 7.63. The Hall–Kier alpha value is -2.03. The summed E-state index contributed by atoms with van der Waals surface area (Å²) in [5, 5.41) is 0. The highest BCUT2D eigenvalue weighted by Gasteiger charge is 2.24. The third-order valence-corrected chi connectivity index (χ3v) is 4.29. The maximum Gasteiger partial charge on any atom is 0.164 e. The lowest BCUT2D eigenvalue weighted by atomic mass is 9.97. The molecule has 0 aliphatic heterocycles. The van der Waals surface area contributed by atoms with Gasteiger partial charge in [-0.3, -0.25) is 14.8 Å². The van der Waals surface area contributed by atoms with Gasteiger partial charge in [0.05, 0.1) is 11.4 Å². The van der Waals surface area contributed by atoms with Gasteiger partial charge >= 0.3 is 0 Å². The van der Waals surface area contributed by atoms with Crippen molar-refractivity contribution in [3.63, 3.8) is 0 Å². The fraction of sp³-hybridized carbons (Fsp3) is 0.389. The summed E-state index contributed by atoms with van der Waals surface area (Å²) in [7, 11) is 0. The number of pyridine rings is 2. The molecule has 0 radical (unpaired) electrons. The smallest absolute Gasteiger partial charge is 0.164 e. The van der Waals surface area contributed by atoms with Crippen LogP contribution in [0.4, 0.5) is 0 Å². The van der Waals surface area contributed by atoms with Crippen molar-refractivity contribution < 1.29 is 4.79 Å². The van der Waals surface area contributed by atoms with E-state index in [4.69, 9.17) is 0 Å². The molecule has 108 valence electrons. The van der Waals surface area contributed by atoms with Gasteiger partial charge in [0.2, 0.25) is 0 Å². The first-order valence-corrected chi connectivity index (χ1v) is 7.63. The Morgan fingerprint density at radius 2 is 2.00 bits per heavy atom. The average molecular weight is 280 g/mol. The monoisotopic (exact) mass is 280 g/mol. The quantitative estimate of drug-likeness (QED) is 0.790. The first-order chi connectivity index (χ1) is 10.2. The van der Waals surface area contributed by atoms with E-state index in [9.17, 15) is 4.79 Å². The number of Topliss-reactive ketones (excluding diaryl/α,β-unsaturated/α-hetero) is 1. The second-order valence-electron chi connectivity index (χ2n) is 6.06. The van der Waals surface area contributed by atoms with Crippen molar-refractivity contribution in [2.45, 2.75) is 32.6 Å². The molecule has 2 aromatic rings. The van der Waals surface area contributed by atoms with Gasteiger partial charge in [-0.1, -0.05) is 19.4 Å². The molecule has 0 saturated heterocycles. The lowest BCUT2D eigenvalue weighted by Crippen LogP contribution is -2.07. The topological polar surface area (TPSA) is 42.9 Å². The van der Waals surface area contributed by atoms with Crippen molar-refractivity contribution in [2.75, 3.05) is 0 Å². The lowest BCUT2D eigenvalue weighted by Gasteiger charge is -2.08. The maximum atomic E-state index is 12.3. The maximum absolute atomic E-state index is 12.3. The number of rotatable bonds is 4. The van der Waals surface area contributed by atoms with Crippen LogP contribution in [0.5, 0.6) is 0 Å². The predicted octanol–water partition coefficient (Wildman–Crippen LogP) is 4.15. The molecule has 2 unspecified atom stereocenters. The standard InChI is InChI=1S/C18H20N2O/c1-13-5-6-14(10-13)11-18(21)15-7-8-17(20-12-15)16-4-2-3-9-19-16/h2-4,7-9,12-14H,5-6,10-11H2,1H3. The van der Waals surface area contributed by atoms with E-state index in [1.807, 2.05) is 30.3 Å². The highest BCUT2D eigenvalue weighted by molar-refractivity contribution is 5.96. The molecule has 0 aromatic carbocycles. The molecule has 0 N–H and O–H groups in total. The van der Waals surface area contributed by atoms with E-state index in [1.54, 1.807) is 12.4 Å². The number of carbonyl (C=O) groups excluding carboxylic acids is 1. The van der Waals surface area contributed by atoms with Crippen LogP contribution in [0.3, 0.4) is 0 Å². The molecular formula is C18H20N2O. The summed E-state index contributed by atoms with van der Waals surface area (Å²) in [6.45, 7) is 2.27. The summed E-state index contributed by atoms with van der Waals surface area (Å²) in [6.07, 6.45) is 7.73. The fourth-order valence-corrected chi connectivity index (χ4v) is 3.11. The molecule has 3 nitrogen and oxygen atoms in total. The number of hydrogen-bond acceptors (Lipinski definition) is 3. The fourth-order valence-electron chi connectivity index (χ4n) is 3.11. The number of hydrogen-bond donors (Lipinski definition) is 0. The van der Waals surface area contributed by atoms with Gasteiger partial charge in [-0.25, -0.2) is 0 Å². The molecule has 2 atom stereocenters. The molecule has 3 rings (SSSR count). The zero-order valence-electron chi connectivity index (χ0n) is 12.3. The minimum absolute atomic E-state index is 0.217. The van der Waals surface area contributed by atoms with Crippen LogP contribution in [-0.2, 0) is 0 Å². The third kappa shape index (κ3) is 3.35. The summed E-state index contributed by atoms with van der Waals surface area (Å²) in [5.41, 5.74) is 2.36. The van der Waals surface area contributed by atoms with Gasteiger partial charge in [0.1, 0.15) is 0 Å². The van der Waals surface area contributed by atoms with Gasteiger partial charge in [0, 0.05) is 24.4 Å². The first kappa shape index (κ1) is 13.9. The number of ketones is 1. The summed E-state index contributed by atoms with van der Waals surface area (Å²) in [6, 6.07) is 9.49. The third-order valence-electron chi connectivity index (χ3n) is 4.29. The predicted molar refractivity (Wildman–Crippen MR) is 82.9 cm³/mol. The minimum Gasteiger partial charge on any atom is -0.294 e. The second kappa shape index (κ2) is 6.17. The van der Waals surface area contributed by atoms with Gasteiger partial charge in [0.25, 0.3) is 0 Å². The summed E-state index contributed by atoms with van der Waals surface area (Å²) in [5.74, 6) is 1.55. The van der Waals surface area contributed by atoms with Crippen LogP contribution in [-0.4, -0.2) is 15.8 Å². The zero-order valence-corrected chi connectivity index (χ0v) is 12.3. The molecule has 0 spiro atoms. The van der Waals surface area contributed by atoms with Crippen LogP contribution in [0.1, 0.15) is 43.0 Å². The average Bonchev–Trinajstić information content (AvgIpc) is 2.93. The second-order valence-corrected chi connectivity index (χ2v) is 6.06. The molecule has 1 aliphatic carbocycles. The number of aromatic nitrogens is 2. The van der Waals surface area contributed by atoms with Gasteiger partial charge in [-0.2, -0.15) is 0 Å². The van der Waals surface area contributed by atoms with Gasteiger partial charge in [-0.15, -0.1) is 0 Å². The molecular weight excluding hydrogens is 260 g/mol. The van der Waals surface area contributed by atoms with Crippen LogP contribution < -0.4 is 0 Å². The van der Waals surface area contributed by atoms with E-state index in [-0.39, 0.29) is 5.78 Å². The van der Waals surface area contributed by atoms with E-state index in [0.29, 0.717) is 17.9 Å². The van der Waals surface area contributed by atoms with Crippen molar-refractivity contribution in [3.8, 4) is 11.4 Å². The van der Waals surface area contributed by atoms with Crippen LogP contribution in [0.15, 0.2) is 42.7 Å². The Kier molecular flexibility index (Phi) is 4.09. The van der Waals surface area contributed by atoms with Crippen molar-refractivity contribution in [2.24, 2.45) is 11.8 Å². The van der Waals surface area contributed by atoms with E-state index in [0.717, 1.165) is 17.3 Å². The van der Waals surface area contributed by atoms with Gasteiger partial charge in [0.15, 0.2) is 5.78 Å². The Morgan fingerprint density at radius 1 is 1.14 bits per heavy atom. The summed E-state index contributed by atoms with van der Waals surface area (Å²) in [4.78, 5) is 20.9. The van der Waals surface area contributed by atoms with Gasteiger partial charge in [-0.05, 0) is 48.9 Å². The summed E-state index contributed by atoms with van der Waals surface area (Å²) >= 11 is 0. The highest BCUT2D eigenvalue weighted by atomic mass is 16.1. The minimum atomic E-state index is 0.217. The lowest BCUT2D eigenvalue weighted by molar-refractivity contribution is 0.0961. The summed E-state index contributed by atoms with van der Waals surface area (Å²) < 4.78 is 0. The van der Waals surface area contributed by atoms with Crippen LogP contribution >= 0.6 is 0 Å². The molecule has 0 bridgehead atoms. The van der Waals surface area contributed by atoms with Crippen LogP contribution in [0.25, 0.3) is 11.4 Å². The van der Waals surface area contributed by atoms with Crippen LogP contribution in [0, 0.1) is 11.8 Å². The highest BCUT2D eigenvalue weighted by Crippen LogP contribution is 2.33. The van der Waals surface area contributed by atoms with Gasteiger partial charge < -0.3 is 0 Å². The van der Waals surface area contributed by atoms with Crippen molar-refractivity contribution in [3.05, 3.63) is 48.3 Å².